The number of hydrogen-bond acceptors (Lipinski definition) is 5. The van der Waals surface area contributed by atoms with Gasteiger partial charge < -0.3 is 10.1 Å². The molecule has 2 aromatic carbocycles. The van der Waals surface area contributed by atoms with E-state index in [1.54, 1.807) is 43.8 Å². The lowest BCUT2D eigenvalue weighted by Crippen LogP contribution is -2.31. The van der Waals surface area contributed by atoms with E-state index in [0.29, 0.717) is 23.5 Å². The molecule has 0 bridgehead atoms. The van der Waals surface area contributed by atoms with Gasteiger partial charge in [0.05, 0.1) is 19.1 Å². The number of amides is 1. The largest absolute Gasteiger partial charge is 0.497 e. The Hall–Kier alpha value is -3.39. The van der Waals surface area contributed by atoms with E-state index in [-0.39, 0.29) is 18.9 Å². The second-order valence-electron chi connectivity index (χ2n) is 7.41. The van der Waals surface area contributed by atoms with E-state index in [1.807, 2.05) is 36.4 Å². The molecule has 1 N–H and O–H groups in total. The molecular weight excluding hydrogens is 426 g/mol. The molecule has 168 valence electrons. The van der Waals surface area contributed by atoms with Crippen LogP contribution in [-0.4, -0.2) is 39.2 Å². The molecule has 3 aromatic rings. The van der Waals surface area contributed by atoms with Crippen LogP contribution < -0.4 is 14.4 Å². The van der Waals surface area contributed by atoms with Gasteiger partial charge in [0, 0.05) is 31.0 Å². The Morgan fingerprint density at radius 2 is 1.59 bits per heavy atom. The SMILES string of the molecule is COc1ccc(N(CCCC(=O)Nc2ccc(Cc3ccncc3)cc2)S(C)(=O)=O)cc1. The van der Waals surface area contributed by atoms with Crippen molar-refractivity contribution in [2.45, 2.75) is 19.3 Å². The van der Waals surface area contributed by atoms with Crippen molar-refractivity contribution < 1.29 is 17.9 Å². The number of pyridine rings is 1. The van der Waals surface area contributed by atoms with Crippen LogP contribution in [0.25, 0.3) is 0 Å². The van der Waals surface area contributed by atoms with Crippen LogP contribution in [0.4, 0.5) is 11.4 Å². The fourth-order valence-corrected chi connectivity index (χ4v) is 4.25. The van der Waals surface area contributed by atoms with Gasteiger partial charge >= 0.3 is 0 Å². The number of ether oxygens (including phenoxy) is 1. The minimum Gasteiger partial charge on any atom is -0.497 e. The maximum atomic E-state index is 12.3. The van der Waals surface area contributed by atoms with Gasteiger partial charge in [0.1, 0.15) is 5.75 Å². The van der Waals surface area contributed by atoms with Crippen LogP contribution in [0.15, 0.2) is 73.1 Å². The average Bonchev–Trinajstić information content (AvgIpc) is 2.78. The smallest absolute Gasteiger partial charge is 0.232 e. The summed E-state index contributed by atoms with van der Waals surface area (Å²) in [6.07, 6.45) is 6.09. The number of sulfonamides is 1. The van der Waals surface area contributed by atoms with Crippen molar-refractivity contribution in [2.24, 2.45) is 0 Å². The fourth-order valence-electron chi connectivity index (χ4n) is 3.28. The zero-order valence-corrected chi connectivity index (χ0v) is 19.0. The normalized spacial score (nSPS) is 11.1. The third-order valence-electron chi connectivity index (χ3n) is 4.92. The zero-order valence-electron chi connectivity index (χ0n) is 18.2. The summed E-state index contributed by atoms with van der Waals surface area (Å²) in [6, 6.07) is 18.4. The quantitative estimate of drug-likeness (QED) is 0.503. The lowest BCUT2D eigenvalue weighted by molar-refractivity contribution is -0.116. The number of aromatic nitrogens is 1. The summed E-state index contributed by atoms with van der Waals surface area (Å²) >= 11 is 0. The number of rotatable bonds is 10. The van der Waals surface area contributed by atoms with Crippen molar-refractivity contribution in [3.05, 3.63) is 84.2 Å². The van der Waals surface area contributed by atoms with Gasteiger partial charge in [-0.2, -0.15) is 0 Å². The number of anilines is 2. The lowest BCUT2D eigenvalue weighted by atomic mass is 10.1. The Balaban J connectivity index is 1.51. The molecule has 1 heterocycles. The molecule has 0 radical (unpaired) electrons. The number of carbonyl (C=O) groups is 1. The van der Waals surface area contributed by atoms with Crippen LogP contribution in [0.3, 0.4) is 0 Å². The van der Waals surface area contributed by atoms with Crippen molar-refractivity contribution in [3.63, 3.8) is 0 Å². The van der Waals surface area contributed by atoms with E-state index >= 15 is 0 Å². The number of benzene rings is 2. The number of hydrogen-bond donors (Lipinski definition) is 1. The number of carbonyl (C=O) groups excluding carboxylic acids is 1. The first-order valence-electron chi connectivity index (χ1n) is 10.2. The van der Waals surface area contributed by atoms with Gasteiger partial charge in [-0.1, -0.05) is 12.1 Å². The van der Waals surface area contributed by atoms with Gasteiger partial charge in [-0.05, 0) is 72.5 Å². The van der Waals surface area contributed by atoms with Crippen LogP contribution in [0, 0.1) is 0 Å². The molecule has 0 saturated carbocycles. The first kappa shape index (κ1) is 23.3. The Morgan fingerprint density at radius 3 is 2.19 bits per heavy atom. The van der Waals surface area contributed by atoms with E-state index in [1.165, 1.54) is 9.87 Å². The summed E-state index contributed by atoms with van der Waals surface area (Å²) in [5, 5.41) is 2.87. The van der Waals surface area contributed by atoms with Gasteiger partial charge in [-0.3, -0.25) is 14.1 Å². The molecule has 1 aromatic heterocycles. The molecule has 0 aliphatic rings. The molecule has 0 fully saturated rings. The van der Waals surface area contributed by atoms with Gasteiger partial charge in [0.25, 0.3) is 0 Å². The molecule has 0 aliphatic heterocycles. The van der Waals surface area contributed by atoms with Crippen LogP contribution in [-0.2, 0) is 21.2 Å². The first-order chi connectivity index (χ1) is 15.3. The Labute approximate surface area is 189 Å². The van der Waals surface area contributed by atoms with Gasteiger partial charge in [0.15, 0.2) is 0 Å². The standard InChI is InChI=1S/C24H27N3O4S/c1-31-23-11-9-22(10-12-23)27(32(2,29)30)17-3-4-24(28)26-21-7-5-19(6-8-21)18-20-13-15-25-16-14-20/h5-16H,3-4,17-18H2,1-2H3,(H,26,28). The number of methoxy groups -OCH3 is 1. The van der Waals surface area contributed by atoms with Crippen LogP contribution in [0.5, 0.6) is 5.75 Å². The van der Waals surface area contributed by atoms with Gasteiger partial charge in [-0.25, -0.2) is 8.42 Å². The van der Waals surface area contributed by atoms with Crippen molar-refractivity contribution in [1.29, 1.82) is 0 Å². The van der Waals surface area contributed by atoms with E-state index in [2.05, 4.69) is 10.3 Å². The van der Waals surface area contributed by atoms with Gasteiger partial charge in [0.2, 0.25) is 15.9 Å². The molecule has 1 amide bonds. The second-order valence-corrected chi connectivity index (χ2v) is 9.32. The van der Waals surface area contributed by atoms with Crippen LogP contribution in [0.2, 0.25) is 0 Å². The number of nitrogens with one attached hydrogen (secondary N) is 1. The van der Waals surface area contributed by atoms with Crippen molar-refractivity contribution >= 4 is 27.3 Å². The Bertz CT molecular complexity index is 1120. The lowest BCUT2D eigenvalue weighted by Gasteiger charge is -2.22. The summed E-state index contributed by atoms with van der Waals surface area (Å²) in [4.78, 5) is 16.4. The zero-order chi connectivity index (χ0) is 23.0. The molecule has 0 atom stereocenters. The van der Waals surface area contributed by atoms with Crippen LogP contribution >= 0.6 is 0 Å². The predicted octanol–water partition coefficient (Wildman–Crippen LogP) is 3.87. The average molecular weight is 454 g/mol. The Morgan fingerprint density at radius 1 is 0.969 bits per heavy atom. The highest BCUT2D eigenvalue weighted by Gasteiger charge is 2.17. The highest BCUT2D eigenvalue weighted by molar-refractivity contribution is 7.92. The number of nitrogens with zero attached hydrogens (tertiary/aromatic N) is 2. The van der Waals surface area contributed by atoms with Crippen molar-refractivity contribution in [2.75, 3.05) is 29.5 Å². The summed E-state index contributed by atoms with van der Waals surface area (Å²) in [7, 11) is -1.92. The molecular formula is C24H27N3O4S. The third-order valence-corrected chi connectivity index (χ3v) is 6.12. The minimum atomic E-state index is -3.47. The highest BCUT2D eigenvalue weighted by atomic mass is 32.2. The van der Waals surface area contributed by atoms with E-state index in [4.69, 9.17) is 4.74 Å². The first-order valence-corrected chi connectivity index (χ1v) is 12.1. The summed E-state index contributed by atoms with van der Waals surface area (Å²) in [6.45, 7) is 0.212. The summed E-state index contributed by atoms with van der Waals surface area (Å²) in [5.74, 6) is 0.489. The summed E-state index contributed by atoms with van der Waals surface area (Å²) in [5.41, 5.74) is 3.56. The van der Waals surface area contributed by atoms with E-state index in [0.717, 1.165) is 18.2 Å². The second kappa shape index (κ2) is 10.8. The molecule has 8 heteroatoms. The van der Waals surface area contributed by atoms with Crippen molar-refractivity contribution in [3.8, 4) is 5.75 Å². The molecule has 0 spiro atoms. The summed E-state index contributed by atoms with van der Waals surface area (Å²) < 4.78 is 30.8. The van der Waals surface area contributed by atoms with Gasteiger partial charge in [-0.15, -0.1) is 0 Å². The topological polar surface area (TPSA) is 88.6 Å². The van der Waals surface area contributed by atoms with E-state index < -0.39 is 10.0 Å². The van der Waals surface area contributed by atoms with E-state index in [9.17, 15) is 13.2 Å². The highest BCUT2D eigenvalue weighted by Crippen LogP contribution is 2.22. The third kappa shape index (κ3) is 6.81. The maximum absolute atomic E-state index is 12.3. The maximum Gasteiger partial charge on any atom is 0.232 e. The van der Waals surface area contributed by atoms with Crippen molar-refractivity contribution in [1.82, 2.24) is 4.98 Å². The Kier molecular flexibility index (Phi) is 7.83. The monoisotopic (exact) mass is 453 g/mol. The molecule has 0 unspecified atom stereocenters. The molecule has 0 saturated heterocycles. The minimum absolute atomic E-state index is 0.157. The predicted molar refractivity (Wildman–Crippen MR) is 127 cm³/mol. The molecule has 7 nitrogen and oxygen atoms in total. The molecule has 0 aliphatic carbocycles. The fraction of sp³-hybridized carbons (Fsp3) is 0.250. The van der Waals surface area contributed by atoms with Crippen LogP contribution in [0.1, 0.15) is 24.0 Å². The molecule has 3 rings (SSSR count). The molecule has 32 heavy (non-hydrogen) atoms.